The molecule has 0 radical (unpaired) electrons. The highest BCUT2D eigenvalue weighted by atomic mass is 32.2. The number of amides is 1. The van der Waals surface area contributed by atoms with E-state index in [1.165, 1.54) is 34.2 Å². The molecule has 0 aliphatic heterocycles. The van der Waals surface area contributed by atoms with E-state index < -0.39 is 16.1 Å². The van der Waals surface area contributed by atoms with Crippen LogP contribution in [-0.2, 0) is 21.2 Å². The lowest BCUT2D eigenvalue weighted by Gasteiger charge is -2.19. The number of benzene rings is 2. The van der Waals surface area contributed by atoms with E-state index in [-0.39, 0.29) is 23.9 Å². The largest absolute Gasteiger partial charge is 0.481 e. The molecule has 1 N–H and O–H groups in total. The number of aryl methyl sites for hydroxylation is 1. The van der Waals surface area contributed by atoms with Crippen LogP contribution in [0, 0.1) is 0 Å². The lowest BCUT2D eigenvalue weighted by molar-refractivity contribution is -0.122. The van der Waals surface area contributed by atoms with E-state index in [0.29, 0.717) is 11.4 Å². The van der Waals surface area contributed by atoms with Crippen molar-refractivity contribution >= 4 is 21.6 Å². The highest BCUT2D eigenvalue weighted by molar-refractivity contribution is 7.89. The second kappa shape index (κ2) is 10.8. The molecule has 2 rings (SSSR count). The number of anilines is 1. The fourth-order valence-corrected chi connectivity index (χ4v) is 4.10. The average molecular weight is 429 g/mol. The molecule has 0 spiro atoms. The van der Waals surface area contributed by atoms with Gasteiger partial charge in [-0.25, -0.2) is 8.42 Å². The van der Waals surface area contributed by atoms with Crippen molar-refractivity contribution in [3.63, 3.8) is 0 Å². The summed E-state index contributed by atoms with van der Waals surface area (Å²) in [7, 11) is -3.68. The molecule has 0 bridgehead atoms. The second-order valence-electron chi connectivity index (χ2n) is 6.67. The Morgan fingerprint density at radius 2 is 1.63 bits per heavy atom. The summed E-state index contributed by atoms with van der Waals surface area (Å²) in [5.41, 5.74) is 1.67. The maximum atomic E-state index is 12.7. The van der Waals surface area contributed by atoms with Gasteiger partial charge in [-0.2, -0.15) is 4.31 Å². The van der Waals surface area contributed by atoms with Crippen LogP contribution in [0.15, 0.2) is 78.7 Å². The van der Waals surface area contributed by atoms with E-state index in [0.717, 1.165) is 6.42 Å². The molecule has 0 aliphatic rings. The van der Waals surface area contributed by atoms with E-state index in [1.807, 2.05) is 24.3 Å². The van der Waals surface area contributed by atoms with E-state index in [9.17, 15) is 13.2 Å². The van der Waals surface area contributed by atoms with Crippen molar-refractivity contribution in [2.45, 2.75) is 31.3 Å². The Morgan fingerprint density at radius 1 is 1.07 bits per heavy atom. The zero-order valence-electron chi connectivity index (χ0n) is 17.4. The molecule has 1 atom stereocenters. The Labute approximate surface area is 178 Å². The number of rotatable bonds is 11. The van der Waals surface area contributed by atoms with E-state index in [1.54, 1.807) is 19.1 Å². The predicted molar refractivity (Wildman–Crippen MR) is 120 cm³/mol. The molecule has 2 aromatic rings. The molecule has 0 saturated carbocycles. The van der Waals surface area contributed by atoms with Crippen molar-refractivity contribution in [2.24, 2.45) is 0 Å². The van der Waals surface area contributed by atoms with Gasteiger partial charge in [-0.05, 0) is 55.3 Å². The standard InChI is InChI=1S/C23H28N2O4S/c1-5-16-25(17-6-2)30(27,28)22-14-10-20(11-15-22)24-23(26)18(4)29-21-12-8-19(7-3)9-13-21/h5-6,8-15,18H,1-2,7,16-17H2,3-4H3,(H,24,26). The fourth-order valence-electron chi connectivity index (χ4n) is 2.72. The Morgan fingerprint density at radius 3 is 2.13 bits per heavy atom. The minimum atomic E-state index is -3.68. The molecule has 7 heteroatoms. The molecule has 0 heterocycles. The van der Waals surface area contributed by atoms with Gasteiger partial charge in [0.15, 0.2) is 6.10 Å². The Balaban J connectivity index is 2.04. The maximum absolute atomic E-state index is 12.7. The number of sulfonamides is 1. The number of hydrogen-bond donors (Lipinski definition) is 1. The van der Waals surface area contributed by atoms with Gasteiger partial charge in [-0.1, -0.05) is 31.2 Å². The molecule has 0 saturated heterocycles. The van der Waals surface area contributed by atoms with Gasteiger partial charge < -0.3 is 10.1 Å². The summed E-state index contributed by atoms with van der Waals surface area (Å²) in [6.07, 6.45) is 3.26. The summed E-state index contributed by atoms with van der Waals surface area (Å²) in [6, 6.07) is 13.6. The summed E-state index contributed by atoms with van der Waals surface area (Å²) in [4.78, 5) is 12.5. The first-order valence-corrected chi connectivity index (χ1v) is 11.1. The summed E-state index contributed by atoms with van der Waals surface area (Å²) in [6.45, 7) is 11.3. The minimum absolute atomic E-state index is 0.129. The molecule has 160 valence electrons. The van der Waals surface area contributed by atoms with Crippen LogP contribution in [0.4, 0.5) is 5.69 Å². The monoisotopic (exact) mass is 428 g/mol. The Kier molecular flexibility index (Phi) is 8.38. The molecule has 1 unspecified atom stereocenters. The molecule has 0 aromatic heterocycles. The number of nitrogens with one attached hydrogen (secondary N) is 1. The van der Waals surface area contributed by atoms with Crippen molar-refractivity contribution in [1.82, 2.24) is 4.31 Å². The number of nitrogens with zero attached hydrogens (tertiary/aromatic N) is 1. The topological polar surface area (TPSA) is 75.7 Å². The fraction of sp³-hybridized carbons (Fsp3) is 0.261. The predicted octanol–water partition coefficient (Wildman–Crippen LogP) is 4.02. The zero-order valence-corrected chi connectivity index (χ0v) is 18.2. The Bertz CT molecular complexity index is 957. The van der Waals surface area contributed by atoms with Gasteiger partial charge >= 0.3 is 0 Å². The Hall–Kier alpha value is -2.90. The van der Waals surface area contributed by atoms with E-state index in [4.69, 9.17) is 4.74 Å². The third-order valence-corrected chi connectivity index (χ3v) is 6.28. The van der Waals surface area contributed by atoms with Crippen molar-refractivity contribution < 1.29 is 17.9 Å². The zero-order chi connectivity index (χ0) is 22.1. The van der Waals surface area contributed by atoms with Gasteiger partial charge in [-0.15, -0.1) is 13.2 Å². The first kappa shape index (κ1) is 23.4. The molecule has 6 nitrogen and oxygen atoms in total. The summed E-state index contributed by atoms with van der Waals surface area (Å²) < 4.78 is 32.4. The number of ether oxygens (including phenoxy) is 1. The summed E-state index contributed by atoms with van der Waals surface area (Å²) in [5, 5.41) is 2.74. The molecular formula is C23H28N2O4S. The lowest BCUT2D eigenvalue weighted by atomic mass is 10.2. The van der Waals surface area contributed by atoms with Gasteiger partial charge in [0.2, 0.25) is 10.0 Å². The summed E-state index contributed by atoms with van der Waals surface area (Å²) in [5.74, 6) is 0.283. The van der Waals surface area contributed by atoms with Crippen molar-refractivity contribution in [1.29, 1.82) is 0 Å². The summed E-state index contributed by atoms with van der Waals surface area (Å²) >= 11 is 0. The normalized spacial score (nSPS) is 12.2. The molecule has 30 heavy (non-hydrogen) atoms. The van der Waals surface area contributed by atoms with Crippen LogP contribution in [0.2, 0.25) is 0 Å². The quantitative estimate of drug-likeness (QED) is 0.549. The average Bonchev–Trinajstić information content (AvgIpc) is 2.74. The van der Waals surface area contributed by atoms with Crippen LogP contribution >= 0.6 is 0 Å². The second-order valence-corrected chi connectivity index (χ2v) is 8.61. The van der Waals surface area contributed by atoms with Gasteiger partial charge in [0.25, 0.3) is 5.91 Å². The van der Waals surface area contributed by atoms with Crippen LogP contribution < -0.4 is 10.1 Å². The van der Waals surface area contributed by atoms with Crippen LogP contribution in [0.3, 0.4) is 0 Å². The third kappa shape index (κ3) is 6.05. The van der Waals surface area contributed by atoms with Gasteiger partial charge in [-0.3, -0.25) is 4.79 Å². The molecular weight excluding hydrogens is 400 g/mol. The molecule has 1 amide bonds. The minimum Gasteiger partial charge on any atom is -0.481 e. The molecule has 0 aliphatic carbocycles. The van der Waals surface area contributed by atoms with Crippen LogP contribution in [-0.4, -0.2) is 37.8 Å². The van der Waals surface area contributed by atoms with E-state index >= 15 is 0 Å². The first-order chi connectivity index (χ1) is 14.3. The molecule has 2 aromatic carbocycles. The van der Waals surface area contributed by atoms with Crippen LogP contribution in [0.5, 0.6) is 5.75 Å². The highest BCUT2D eigenvalue weighted by Crippen LogP contribution is 2.19. The first-order valence-electron chi connectivity index (χ1n) is 9.70. The lowest BCUT2D eigenvalue weighted by Crippen LogP contribution is -2.31. The SMILES string of the molecule is C=CCN(CC=C)S(=O)(=O)c1ccc(NC(=O)C(C)Oc2ccc(CC)cc2)cc1. The van der Waals surface area contributed by atoms with E-state index in [2.05, 4.69) is 25.4 Å². The van der Waals surface area contributed by atoms with Crippen molar-refractivity contribution in [2.75, 3.05) is 18.4 Å². The van der Waals surface area contributed by atoms with Crippen LogP contribution in [0.1, 0.15) is 19.4 Å². The number of carbonyl (C=O) groups excluding carboxylic acids is 1. The van der Waals surface area contributed by atoms with Crippen LogP contribution in [0.25, 0.3) is 0 Å². The maximum Gasteiger partial charge on any atom is 0.265 e. The van der Waals surface area contributed by atoms with Gasteiger partial charge in [0.05, 0.1) is 4.90 Å². The smallest absolute Gasteiger partial charge is 0.265 e. The third-order valence-electron chi connectivity index (χ3n) is 4.44. The van der Waals surface area contributed by atoms with Gasteiger partial charge in [0.1, 0.15) is 5.75 Å². The molecule has 0 fully saturated rings. The number of carbonyl (C=O) groups is 1. The van der Waals surface area contributed by atoms with Crippen molar-refractivity contribution in [3.8, 4) is 5.75 Å². The highest BCUT2D eigenvalue weighted by Gasteiger charge is 2.22. The number of hydrogen-bond acceptors (Lipinski definition) is 4. The van der Waals surface area contributed by atoms with Gasteiger partial charge in [0, 0.05) is 18.8 Å². The van der Waals surface area contributed by atoms with Crippen molar-refractivity contribution in [3.05, 3.63) is 79.4 Å².